The van der Waals surface area contributed by atoms with Crippen LogP contribution in [-0.2, 0) is 54.4 Å². The molecule has 0 aliphatic heterocycles. The van der Waals surface area contributed by atoms with Crippen molar-refractivity contribution >= 4 is 59.2 Å². The van der Waals surface area contributed by atoms with Gasteiger partial charge in [0, 0.05) is 12.8 Å². The van der Waals surface area contributed by atoms with Crippen LogP contribution in [0.25, 0.3) is 0 Å². The van der Waals surface area contributed by atoms with Crippen LogP contribution in [0.3, 0.4) is 0 Å². The van der Waals surface area contributed by atoms with E-state index in [-0.39, 0.29) is 31.6 Å². The van der Waals surface area contributed by atoms with Crippen molar-refractivity contribution in [2.75, 3.05) is 19.8 Å². The molecule has 0 unspecified atom stereocenters. The van der Waals surface area contributed by atoms with Gasteiger partial charge in [-0.2, -0.15) is 0 Å². The lowest BCUT2D eigenvalue weighted by molar-refractivity contribution is -0.142. The van der Waals surface area contributed by atoms with Crippen LogP contribution in [0.2, 0.25) is 0 Å². The van der Waals surface area contributed by atoms with Gasteiger partial charge in [-0.3, -0.25) is 47.9 Å². The number of benzene rings is 1. The fraction of sp³-hybridized carbons (Fsp3) is 0.568. The third kappa shape index (κ3) is 19.8. The van der Waals surface area contributed by atoms with E-state index < -0.39 is 146 Å². The van der Waals surface area contributed by atoms with E-state index in [9.17, 15) is 68.4 Å². The number of nitrogens with one attached hydrogen (secondary N) is 7. The molecule has 26 heteroatoms. The predicted molar refractivity (Wildman–Crippen MR) is 216 cm³/mol. The van der Waals surface area contributed by atoms with Gasteiger partial charge in [0.1, 0.15) is 48.0 Å². The maximum Gasteiger partial charge on any atom is 0.325 e. The number of nitrogens with two attached hydrogens (primary N) is 3. The number of aliphatic hydroxyl groups is 3. The van der Waals surface area contributed by atoms with Crippen LogP contribution in [0.4, 0.5) is 0 Å². The number of primary amides is 1. The number of aliphatic hydroxyl groups excluding tert-OH is 3. The lowest BCUT2D eigenvalue weighted by Gasteiger charge is -2.28. The highest BCUT2D eigenvalue weighted by atomic mass is 16.4. The average molecular weight is 899 g/mol. The van der Waals surface area contributed by atoms with Gasteiger partial charge >= 0.3 is 11.9 Å². The standard InChI is InChI=1S/C37H58N10O16/c1-17(37(62)63)41-34(59)25(15-48)45-32(57)23(10-11-27(40)52)43-36(61)29(18(2)50)47-35(60)26(16-49)46-31(56)22(5-3-4-12-38)42-33(58)24(13-19-6-8-20(51)9-7-19)44-30(55)21(39)14-28(53)54/h6-9,17-18,21-26,29,48-51H,3-5,10-16,38-39H2,1-2H3,(H2,40,52)(H,41,59)(H,42,58)(H,43,61)(H,44,55)(H,45,57)(H,46,56)(H,47,60)(H,53,54)(H,62,63)/t17-,18+,21-,22-,23-,24-,25-,26-,29-/m0/s1. The number of aromatic hydroxyl groups is 1. The molecule has 0 radical (unpaired) electrons. The van der Waals surface area contributed by atoms with Crippen molar-refractivity contribution in [2.24, 2.45) is 17.2 Å². The smallest absolute Gasteiger partial charge is 0.325 e. The zero-order valence-electron chi connectivity index (χ0n) is 34.6. The van der Waals surface area contributed by atoms with Crippen molar-refractivity contribution in [3.05, 3.63) is 29.8 Å². The number of unbranched alkanes of at least 4 members (excludes halogenated alkanes) is 1. The summed E-state index contributed by atoms with van der Waals surface area (Å²) in [5.74, 6) is -11.7. The third-order valence-electron chi connectivity index (χ3n) is 9.06. The lowest BCUT2D eigenvalue weighted by Crippen LogP contribution is -2.62. The zero-order chi connectivity index (χ0) is 48.0. The molecule has 0 bridgehead atoms. The van der Waals surface area contributed by atoms with E-state index in [0.29, 0.717) is 12.0 Å². The molecule has 0 spiro atoms. The summed E-state index contributed by atoms with van der Waals surface area (Å²) in [5.41, 5.74) is 16.9. The molecule has 19 N–H and O–H groups in total. The molecule has 0 saturated heterocycles. The number of carbonyl (C=O) groups excluding carboxylic acids is 8. The van der Waals surface area contributed by atoms with Crippen molar-refractivity contribution in [3.63, 3.8) is 0 Å². The Morgan fingerprint density at radius 1 is 0.619 bits per heavy atom. The molecule has 26 nitrogen and oxygen atoms in total. The first-order chi connectivity index (χ1) is 29.5. The molecule has 0 fully saturated rings. The molecule has 0 aromatic heterocycles. The van der Waals surface area contributed by atoms with E-state index >= 15 is 0 Å². The Morgan fingerprint density at radius 3 is 1.56 bits per heavy atom. The molecule has 352 valence electrons. The Hall–Kier alpha value is -6.48. The quantitative estimate of drug-likeness (QED) is 0.0332. The molecule has 0 heterocycles. The molecule has 63 heavy (non-hydrogen) atoms. The van der Waals surface area contributed by atoms with Gasteiger partial charge in [-0.1, -0.05) is 12.1 Å². The Morgan fingerprint density at radius 2 is 1.08 bits per heavy atom. The van der Waals surface area contributed by atoms with E-state index in [0.717, 1.165) is 13.8 Å². The molecule has 0 aliphatic rings. The van der Waals surface area contributed by atoms with E-state index in [1.807, 2.05) is 5.32 Å². The monoisotopic (exact) mass is 898 g/mol. The maximum absolute atomic E-state index is 13.7. The third-order valence-corrected chi connectivity index (χ3v) is 9.06. The molecule has 0 aliphatic carbocycles. The van der Waals surface area contributed by atoms with Gasteiger partial charge in [-0.15, -0.1) is 0 Å². The number of aliphatic carboxylic acids is 2. The number of carboxylic acid groups (broad SMARTS) is 2. The highest BCUT2D eigenvalue weighted by molar-refractivity contribution is 5.98. The predicted octanol–water partition coefficient (Wildman–Crippen LogP) is -7.01. The summed E-state index contributed by atoms with van der Waals surface area (Å²) >= 11 is 0. The van der Waals surface area contributed by atoms with Crippen LogP contribution in [0.1, 0.15) is 57.9 Å². The number of phenols is 1. The van der Waals surface area contributed by atoms with Crippen LogP contribution < -0.4 is 54.4 Å². The van der Waals surface area contributed by atoms with E-state index in [2.05, 4.69) is 31.9 Å². The summed E-state index contributed by atoms with van der Waals surface area (Å²) in [4.78, 5) is 126. The normalized spacial score (nSPS) is 15.2. The highest BCUT2D eigenvalue weighted by Gasteiger charge is 2.35. The molecule has 8 amide bonds. The number of hydrogen-bond donors (Lipinski definition) is 16. The number of amides is 8. The number of hydrogen-bond acceptors (Lipinski definition) is 16. The molecule has 0 saturated carbocycles. The van der Waals surface area contributed by atoms with Crippen molar-refractivity contribution in [1.82, 2.24) is 37.2 Å². The number of phenolic OH excluding ortho intramolecular Hbond substituents is 1. The van der Waals surface area contributed by atoms with Crippen molar-refractivity contribution < 1.29 is 78.6 Å². The minimum atomic E-state index is -1.92. The molecular weight excluding hydrogens is 840 g/mol. The minimum absolute atomic E-state index is 0.0994. The second kappa shape index (κ2) is 27.5. The first-order valence-electron chi connectivity index (χ1n) is 19.5. The maximum atomic E-state index is 13.7. The Labute approximate surface area is 360 Å². The largest absolute Gasteiger partial charge is 0.508 e. The van der Waals surface area contributed by atoms with E-state index in [4.69, 9.17) is 27.4 Å². The van der Waals surface area contributed by atoms with Crippen LogP contribution >= 0.6 is 0 Å². The van der Waals surface area contributed by atoms with Crippen LogP contribution in [0, 0.1) is 0 Å². The molecule has 1 aromatic rings. The van der Waals surface area contributed by atoms with Gasteiger partial charge < -0.3 is 85.1 Å². The van der Waals surface area contributed by atoms with Gasteiger partial charge in [0.2, 0.25) is 47.3 Å². The van der Waals surface area contributed by atoms with Gasteiger partial charge in [0.25, 0.3) is 0 Å². The van der Waals surface area contributed by atoms with Gasteiger partial charge in [-0.05, 0) is 63.8 Å². The van der Waals surface area contributed by atoms with Crippen molar-refractivity contribution in [1.29, 1.82) is 0 Å². The fourth-order valence-electron chi connectivity index (χ4n) is 5.46. The summed E-state index contributed by atoms with van der Waals surface area (Å²) in [7, 11) is 0. The van der Waals surface area contributed by atoms with Crippen molar-refractivity contribution in [2.45, 2.75) is 113 Å². The molecule has 9 atom stereocenters. The molecular formula is C37H58N10O16. The Bertz CT molecular complexity index is 1770. The summed E-state index contributed by atoms with van der Waals surface area (Å²) in [6.07, 6.45) is -3.25. The summed E-state index contributed by atoms with van der Waals surface area (Å²) in [5, 5.41) is 73.6. The van der Waals surface area contributed by atoms with Crippen molar-refractivity contribution in [3.8, 4) is 5.75 Å². The molecule has 1 rings (SSSR count). The van der Waals surface area contributed by atoms with E-state index in [1.54, 1.807) is 0 Å². The van der Waals surface area contributed by atoms with Gasteiger partial charge in [-0.25, -0.2) is 0 Å². The minimum Gasteiger partial charge on any atom is -0.508 e. The summed E-state index contributed by atoms with van der Waals surface area (Å²) in [6, 6.07) is -7.64. The topological polar surface area (TPSA) is 454 Å². The summed E-state index contributed by atoms with van der Waals surface area (Å²) in [6.45, 7) is 0.207. The Balaban J connectivity index is 3.30. The first kappa shape index (κ1) is 54.5. The number of rotatable bonds is 29. The summed E-state index contributed by atoms with van der Waals surface area (Å²) < 4.78 is 0. The second-order valence-corrected chi connectivity index (χ2v) is 14.3. The fourth-order valence-corrected chi connectivity index (χ4v) is 5.46. The van der Waals surface area contributed by atoms with Crippen LogP contribution in [-0.4, -0.2) is 164 Å². The average Bonchev–Trinajstić information content (AvgIpc) is 3.21. The number of carbonyl (C=O) groups is 10. The zero-order valence-corrected chi connectivity index (χ0v) is 34.6. The van der Waals surface area contributed by atoms with Crippen LogP contribution in [0.5, 0.6) is 5.75 Å². The highest BCUT2D eigenvalue weighted by Crippen LogP contribution is 2.13. The Kier molecular flexibility index (Phi) is 23.8. The first-order valence-corrected chi connectivity index (χ1v) is 19.5. The number of carboxylic acids is 2. The van der Waals surface area contributed by atoms with Gasteiger partial charge in [0.05, 0.1) is 31.8 Å². The van der Waals surface area contributed by atoms with E-state index in [1.165, 1.54) is 24.3 Å². The van der Waals surface area contributed by atoms with Gasteiger partial charge in [0.15, 0.2) is 0 Å². The SMILES string of the molecule is C[C@H](NC(=O)[C@H](CO)NC(=O)[C@H](CCC(N)=O)NC(=O)[C@@H](NC(=O)[C@H](CO)NC(=O)[C@H](CCCCN)NC(=O)[C@H](Cc1ccc(O)cc1)NC(=O)[C@@H](N)CC(=O)O)[C@@H](C)O)C(=O)O. The lowest BCUT2D eigenvalue weighted by atomic mass is 10.0. The van der Waals surface area contributed by atoms with Crippen LogP contribution in [0.15, 0.2) is 24.3 Å². The molecule has 1 aromatic carbocycles. The second-order valence-electron chi connectivity index (χ2n) is 14.3.